The minimum absolute atomic E-state index is 0.315. The molecular weight excluding hydrogens is 436 g/mol. The van der Waals surface area contributed by atoms with Crippen molar-refractivity contribution >= 4 is 17.8 Å². The van der Waals surface area contributed by atoms with Crippen LogP contribution in [0.2, 0.25) is 0 Å². The molecule has 0 saturated carbocycles. The summed E-state index contributed by atoms with van der Waals surface area (Å²) in [5, 5.41) is 14.6. The van der Waals surface area contributed by atoms with Crippen molar-refractivity contribution in [3.05, 3.63) is 0 Å². The maximum Gasteiger partial charge on any atom is 0.326 e. The molecule has 3 N–H and O–H groups in total. The van der Waals surface area contributed by atoms with Crippen molar-refractivity contribution in [2.75, 3.05) is 0 Å². The lowest BCUT2D eigenvalue weighted by Crippen LogP contribution is -2.62. The van der Waals surface area contributed by atoms with Crippen LogP contribution in [0.4, 0.5) is 0 Å². The second kappa shape index (κ2) is 9.10. The van der Waals surface area contributed by atoms with Gasteiger partial charge in [0, 0.05) is 0 Å². The Morgan fingerprint density at radius 2 is 1.27 bits per heavy atom. The molecule has 188 valence electrons. The zero-order chi connectivity index (χ0) is 24.9. The molecule has 2 amide bonds. The summed E-state index contributed by atoms with van der Waals surface area (Å²) in [5.74, 6) is -4.85. The molecule has 3 fully saturated rings. The lowest BCUT2D eigenvalue weighted by Gasteiger charge is -2.37. The maximum absolute atomic E-state index is 13.3. The smallest absolute Gasteiger partial charge is 0.326 e. The van der Waals surface area contributed by atoms with Gasteiger partial charge in [-0.15, -0.1) is 0 Å². The lowest BCUT2D eigenvalue weighted by atomic mass is 9.96. The zero-order valence-electron chi connectivity index (χ0n) is 20.4. The van der Waals surface area contributed by atoms with Crippen LogP contribution in [-0.4, -0.2) is 77.3 Å². The Labute approximate surface area is 193 Å². The van der Waals surface area contributed by atoms with Gasteiger partial charge < -0.3 is 39.4 Å². The summed E-state index contributed by atoms with van der Waals surface area (Å²) in [6.45, 7) is 13.9. The third-order valence-electron chi connectivity index (χ3n) is 5.89. The van der Waals surface area contributed by atoms with E-state index in [9.17, 15) is 19.5 Å². The summed E-state index contributed by atoms with van der Waals surface area (Å²) in [6, 6.07) is -2.06. The number of amides is 2. The number of aliphatic carboxylic acids is 1. The molecule has 0 radical (unpaired) electrons. The van der Waals surface area contributed by atoms with Crippen LogP contribution in [0.3, 0.4) is 0 Å². The number of carboxylic acid groups (broad SMARTS) is 1. The van der Waals surface area contributed by atoms with E-state index < -0.39 is 72.1 Å². The molecular formula is C22H36N2O9. The van der Waals surface area contributed by atoms with E-state index in [0.717, 1.165) is 0 Å². The van der Waals surface area contributed by atoms with Crippen molar-refractivity contribution in [2.24, 2.45) is 11.8 Å². The largest absolute Gasteiger partial charge is 0.480 e. The molecule has 3 saturated heterocycles. The Kier molecular flexibility index (Phi) is 7.12. The summed E-state index contributed by atoms with van der Waals surface area (Å²) >= 11 is 0. The Bertz CT molecular complexity index is 782. The fourth-order valence-electron chi connectivity index (χ4n) is 4.35. The van der Waals surface area contributed by atoms with Gasteiger partial charge in [-0.3, -0.25) is 9.59 Å². The average Bonchev–Trinajstić information content (AvgIpc) is 3.15. The quantitative estimate of drug-likeness (QED) is 0.489. The van der Waals surface area contributed by atoms with Gasteiger partial charge in [0.15, 0.2) is 24.0 Å². The van der Waals surface area contributed by atoms with Gasteiger partial charge in [0.05, 0.1) is 0 Å². The van der Waals surface area contributed by atoms with E-state index in [1.807, 2.05) is 0 Å². The van der Waals surface area contributed by atoms with Gasteiger partial charge in [-0.1, -0.05) is 27.7 Å². The van der Waals surface area contributed by atoms with Crippen molar-refractivity contribution in [2.45, 2.75) is 110 Å². The molecule has 0 aromatic carbocycles. The Hall–Kier alpha value is -1.79. The number of nitrogens with one attached hydrogen (secondary N) is 2. The molecule has 3 aliphatic rings. The predicted molar refractivity (Wildman–Crippen MR) is 114 cm³/mol. The summed E-state index contributed by atoms with van der Waals surface area (Å²) in [5.41, 5.74) is 0. The molecule has 0 aromatic heterocycles. The topological polar surface area (TPSA) is 142 Å². The molecule has 0 spiro atoms. The monoisotopic (exact) mass is 472 g/mol. The minimum Gasteiger partial charge on any atom is -0.480 e. The number of carbonyl (C=O) groups excluding carboxylic acids is 2. The van der Waals surface area contributed by atoms with Gasteiger partial charge in [-0.05, 0) is 39.5 Å². The summed E-state index contributed by atoms with van der Waals surface area (Å²) in [6.07, 6.45) is -3.94. The number of ether oxygens (including phenoxy) is 5. The fourth-order valence-corrected chi connectivity index (χ4v) is 4.35. The number of rotatable bonds is 7. The predicted octanol–water partition coefficient (Wildman–Crippen LogP) is 0.749. The second-order valence-corrected chi connectivity index (χ2v) is 10.4. The first kappa shape index (κ1) is 25.8. The summed E-state index contributed by atoms with van der Waals surface area (Å²) < 4.78 is 29.7. The number of carboxylic acids is 1. The number of fused-ring (bicyclic) bond motifs is 3. The lowest BCUT2D eigenvalue weighted by molar-refractivity contribution is -0.231. The van der Waals surface area contributed by atoms with Crippen LogP contribution in [0.5, 0.6) is 0 Å². The molecule has 7 atom stereocenters. The highest BCUT2D eigenvalue weighted by molar-refractivity contribution is 5.92. The van der Waals surface area contributed by atoms with Gasteiger partial charge in [0.1, 0.15) is 30.4 Å². The average molecular weight is 473 g/mol. The van der Waals surface area contributed by atoms with Crippen LogP contribution >= 0.6 is 0 Å². The van der Waals surface area contributed by atoms with E-state index in [-0.39, 0.29) is 11.8 Å². The second-order valence-electron chi connectivity index (χ2n) is 10.4. The van der Waals surface area contributed by atoms with E-state index >= 15 is 0 Å². The Morgan fingerprint density at radius 1 is 0.758 bits per heavy atom. The molecule has 0 unspecified atom stereocenters. The van der Waals surface area contributed by atoms with Crippen molar-refractivity contribution in [1.29, 1.82) is 0 Å². The van der Waals surface area contributed by atoms with Crippen molar-refractivity contribution in [1.82, 2.24) is 10.6 Å². The number of hydrogen-bond donors (Lipinski definition) is 3. The van der Waals surface area contributed by atoms with Gasteiger partial charge in [0.25, 0.3) is 5.91 Å². The van der Waals surface area contributed by atoms with Crippen LogP contribution in [0, 0.1) is 11.8 Å². The zero-order valence-corrected chi connectivity index (χ0v) is 20.4. The van der Waals surface area contributed by atoms with Crippen LogP contribution in [0.1, 0.15) is 55.4 Å². The summed E-state index contributed by atoms with van der Waals surface area (Å²) in [4.78, 5) is 37.7. The molecule has 3 aliphatic heterocycles. The van der Waals surface area contributed by atoms with E-state index in [2.05, 4.69) is 10.6 Å². The molecule has 11 heteroatoms. The Morgan fingerprint density at radius 3 is 1.82 bits per heavy atom. The summed E-state index contributed by atoms with van der Waals surface area (Å²) in [7, 11) is 0. The molecule has 0 aromatic rings. The van der Waals surface area contributed by atoms with Gasteiger partial charge in [-0.2, -0.15) is 0 Å². The van der Waals surface area contributed by atoms with Crippen molar-refractivity contribution in [3.63, 3.8) is 0 Å². The Balaban J connectivity index is 1.78. The highest BCUT2D eigenvalue weighted by Gasteiger charge is 2.62. The normalized spacial score (nSPS) is 33.8. The van der Waals surface area contributed by atoms with Crippen LogP contribution in [-0.2, 0) is 38.1 Å². The molecule has 11 nitrogen and oxygen atoms in total. The SMILES string of the molecule is CC(C)[C@H](NC(=O)[C@H]1O[C@H]2OC(C)(C)O[C@@H]2[C@H]2OC(C)(C)O[C@@H]21)C(=O)N[C@@H](C(=O)O)C(C)C. The molecule has 3 rings (SSSR count). The molecule has 3 heterocycles. The van der Waals surface area contributed by atoms with Crippen molar-refractivity contribution < 1.29 is 43.2 Å². The molecule has 33 heavy (non-hydrogen) atoms. The first-order chi connectivity index (χ1) is 15.1. The fraction of sp³-hybridized carbons (Fsp3) is 0.864. The van der Waals surface area contributed by atoms with Gasteiger partial charge in [0.2, 0.25) is 5.91 Å². The third kappa shape index (κ3) is 5.48. The van der Waals surface area contributed by atoms with Crippen LogP contribution in [0.25, 0.3) is 0 Å². The standard InChI is InChI=1S/C22H36N2O9/c1-9(2)11(17(25)24-12(10(3)4)19(27)28)23-18(26)15-13-14(31-21(5,6)30-13)16-20(29-15)33-22(7,8)32-16/h9-16,20H,1-8H3,(H,23,26)(H,24,25)(H,27,28)/t11-,12+,13-,14-,15-,16+,20-/m0/s1. The van der Waals surface area contributed by atoms with E-state index in [1.165, 1.54) is 0 Å². The number of hydrogen-bond acceptors (Lipinski definition) is 8. The first-order valence-electron chi connectivity index (χ1n) is 11.3. The van der Waals surface area contributed by atoms with E-state index in [0.29, 0.717) is 0 Å². The minimum atomic E-state index is -1.14. The van der Waals surface area contributed by atoms with Gasteiger partial charge >= 0.3 is 5.97 Å². The highest BCUT2D eigenvalue weighted by atomic mass is 16.9. The third-order valence-corrected chi connectivity index (χ3v) is 5.89. The van der Waals surface area contributed by atoms with Crippen LogP contribution in [0.15, 0.2) is 0 Å². The van der Waals surface area contributed by atoms with Crippen molar-refractivity contribution in [3.8, 4) is 0 Å². The highest BCUT2D eigenvalue weighted by Crippen LogP contribution is 2.44. The van der Waals surface area contributed by atoms with E-state index in [1.54, 1.807) is 55.4 Å². The molecule has 0 aliphatic carbocycles. The first-order valence-corrected chi connectivity index (χ1v) is 11.3. The van der Waals surface area contributed by atoms with E-state index in [4.69, 9.17) is 23.7 Å². The number of carbonyl (C=O) groups is 3. The van der Waals surface area contributed by atoms with Crippen LogP contribution < -0.4 is 10.6 Å². The maximum atomic E-state index is 13.3. The molecule has 0 bridgehead atoms. The van der Waals surface area contributed by atoms with Gasteiger partial charge in [-0.25, -0.2) is 4.79 Å².